The van der Waals surface area contributed by atoms with Crippen molar-refractivity contribution in [3.8, 4) is 22.3 Å². The fourth-order valence-corrected chi connectivity index (χ4v) is 8.20. The molecule has 0 unspecified atom stereocenters. The summed E-state index contributed by atoms with van der Waals surface area (Å²) >= 11 is 24.0. The van der Waals surface area contributed by atoms with E-state index >= 15 is 0 Å². The molecule has 19 heteroatoms. The maximum Gasteiger partial charge on any atom is 0.284 e. The third-order valence-corrected chi connectivity index (χ3v) is 11.6. The fraction of sp³-hybridized carbons (Fsp3) is 0.300. The van der Waals surface area contributed by atoms with Crippen molar-refractivity contribution in [3.05, 3.63) is 106 Å². The summed E-state index contributed by atoms with van der Waals surface area (Å²) in [5.41, 5.74) is 4.69. The van der Waals surface area contributed by atoms with Gasteiger partial charge in [0.1, 0.15) is 35.4 Å². The molecule has 1 N–H and O–H groups in total. The molecule has 2 fully saturated rings. The second kappa shape index (κ2) is 19.6. The lowest BCUT2D eigenvalue weighted by Gasteiger charge is -2.11. The van der Waals surface area contributed by atoms with Gasteiger partial charge >= 0.3 is 0 Å². The first-order valence-electron chi connectivity index (χ1n) is 19.0. The van der Waals surface area contributed by atoms with Gasteiger partial charge in [-0.05, 0) is 111 Å². The van der Waals surface area contributed by atoms with Gasteiger partial charge in [-0.25, -0.2) is 25.0 Å². The Morgan fingerprint density at radius 3 is 1.76 bits per heavy atom. The monoisotopic (exact) mass is 890 g/mol. The van der Waals surface area contributed by atoms with E-state index in [1.807, 2.05) is 48.5 Å². The minimum atomic E-state index is 0.372. The number of halogens is 3. The van der Waals surface area contributed by atoms with E-state index in [-0.39, 0.29) is 0 Å². The molecule has 14 nitrogen and oxygen atoms in total. The Labute approximate surface area is 362 Å². The van der Waals surface area contributed by atoms with Crippen molar-refractivity contribution in [1.29, 1.82) is 0 Å². The Bertz CT molecular complexity index is 2650. The Kier molecular flexibility index (Phi) is 13.6. The minimum Gasteiger partial charge on any atom is -0.445 e. The molecule has 0 aliphatic carbocycles. The van der Waals surface area contributed by atoms with Gasteiger partial charge in [0.15, 0.2) is 0 Å². The van der Waals surface area contributed by atoms with Crippen molar-refractivity contribution in [2.45, 2.75) is 48.8 Å². The molecule has 0 radical (unpaired) electrons. The molecule has 0 bridgehead atoms. The van der Waals surface area contributed by atoms with E-state index in [2.05, 4.69) is 50.1 Å². The van der Waals surface area contributed by atoms with Gasteiger partial charge in [0.05, 0.1) is 10.8 Å². The molecule has 2 aliphatic rings. The summed E-state index contributed by atoms with van der Waals surface area (Å²) in [6.45, 7) is 6.72. The highest BCUT2D eigenvalue weighted by atomic mass is 35.5. The number of rotatable bonds is 10. The molecule has 2 saturated heterocycles. The van der Waals surface area contributed by atoms with E-state index in [1.165, 1.54) is 63.2 Å². The van der Waals surface area contributed by atoms with E-state index in [0.29, 0.717) is 47.6 Å². The number of benzene rings is 2. The van der Waals surface area contributed by atoms with E-state index < -0.39 is 0 Å². The molecule has 0 spiro atoms. The van der Waals surface area contributed by atoms with Crippen LogP contribution in [0.1, 0.15) is 37.5 Å². The van der Waals surface area contributed by atoms with Crippen LogP contribution in [0.2, 0.25) is 15.2 Å². The Balaban J connectivity index is 0.000000136. The number of likely N-dealkylation sites (tertiary alicyclic amines) is 2. The highest BCUT2D eigenvalue weighted by Crippen LogP contribution is 2.38. The number of aromatic nitrogens is 8. The number of furan rings is 2. The number of hydrogen-bond donors (Lipinski definition) is 1. The van der Waals surface area contributed by atoms with Crippen LogP contribution in [0.3, 0.4) is 0 Å². The normalized spacial score (nSPS) is 14.4. The van der Waals surface area contributed by atoms with Crippen LogP contribution in [0.4, 0.5) is 0 Å². The van der Waals surface area contributed by atoms with Gasteiger partial charge in [0.25, 0.3) is 10.1 Å². The summed E-state index contributed by atoms with van der Waals surface area (Å²) in [6, 6.07) is 15.0. The maximum absolute atomic E-state index is 6.05. The molecular formula is C40H37Cl3N10O4S2. The van der Waals surface area contributed by atoms with Crippen LogP contribution in [0.5, 0.6) is 0 Å². The molecule has 59 heavy (non-hydrogen) atoms. The summed E-state index contributed by atoms with van der Waals surface area (Å²) in [7, 11) is 0. The smallest absolute Gasteiger partial charge is 0.284 e. The summed E-state index contributed by atoms with van der Waals surface area (Å²) in [5, 5.41) is 19.4. The Morgan fingerprint density at radius 1 is 0.644 bits per heavy atom. The number of H-pyrrole nitrogens is 1. The van der Waals surface area contributed by atoms with Crippen LogP contribution in [0.25, 0.3) is 44.5 Å². The van der Waals surface area contributed by atoms with Gasteiger partial charge in [-0.3, -0.25) is 0 Å². The van der Waals surface area contributed by atoms with Crippen molar-refractivity contribution in [2.24, 2.45) is 0 Å². The summed E-state index contributed by atoms with van der Waals surface area (Å²) in [4.78, 5) is 21.9. The Morgan fingerprint density at radius 2 is 1.19 bits per heavy atom. The zero-order valence-electron chi connectivity index (χ0n) is 31.5. The predicted molar refractivity (Wildman–Crippen MR) is 228 cm³/mol. The predicted octanol–water partition coefficient (Wildman–Crippen LogP) is 10.3. The minimum absolute atomic E-state index is 0.372. The summed E-state index contributed by atoms with van der Waals surface area (Å²) < 4.78 is 22.0. The maximum atomic E-state index is 6.05. The molecule has 2 aromatic carbocycles. The molecule has 0 atom stereocenters. The summed E-state index contributed by atoms with van der Waals surface area (Å²) in [6.07, 6.45) is 13.0. The number of hydrogen-bond acceptors (Lipinski definition) is 15. The molecule has 8 heterocycles. The molecule has 10 rings (SSSR count). The van der Waals surface area contributed by atoms with Gasteiger partial charge in [-0.2, -0.15) is 0 Å². The zero-order chi connectivity index (χ0) is 40.6. The lowest BCUT2D eigenvalue weighted by Crippen LogP contribution is -2.21. The van der Waals surface area contributed by atoms with E-state index in [4.69, 9.17) is 64.7 Å². The van der Waals surface area contributed by atoms with Crippen LogP contribution in [0, 0.1) is 4.84 Å². The number of fused-ring (bicyclic) bond motifs is 2. The topological polar surface area (TPSA) is 165 Å². The molecule has 0 amide bonds. The molecule has 6 aromatic heterocycles. The van der Waals surface area contributed by atoms with Gasteiger partial charge in [-0.1, -0.05) is 59.1 Å². The number of nitrogens with one attached hydrogen (secondary N) is 1. The van der Waals surface area contributed by atoms with Crippen LogP contribution in [-0.2, 0) is 12.8 Å². The standard InChI is InChI=1S/C20H18ClN5O2S.C12H6Cl2N2O.C8H13N3OS/c21-14-5-3-13(4-6-14)15-11-27-18-17(15)19(23-12-22-18)29-20-25-24-16(28-20)7-10-26-8-1-2-9-26;13-8-3-1-7(2-4-8)9-5-17-12-10(9)11(14)15-6-16-12;13-8-10-9-7(12-8)3-6-11-4-1-2-5-11/h3-6,11-12H,1-2,7-10H2;1-6H;1-6H2,(H,10,13). The quantitative estimate of drug-likeness (QED) is 0.102. The Hall–Kier alpha value is -4.68. The second-order valence-corrected chi connectivity index (χ2v) is 16.2. The first-order valence-corrected chi connectivity index (χ1v) is 21.3. The molecule has 304 valence electrons. The lowest BCUT2D eigenvalue weighted by molar-refractivity contribution is 0.320. The van der Waals surface area contributed by atoms with Gasteiger partial charge in [0.2, 0.25) is 23.2 Å². The van der Waals surface area contributed by atoms with Crippen molar-refractivity contribution >= 4 is 81.0 Å². The SMILES string of the molecule is Clc1ccc(-c2coc3ncnc(Cl)c23)cc1.Clc1ccc(-c2coc3ncnc(Sc4nnc(CCN5CCCC5)o4)c23)cc1.S=c1[nH]nc(CCN2CCCC2)o1. The van der Waals surface area contributed by atoms with E-state index in [0.717, 1.165) is 77.9 Å². The molecular weight excluding hydrogens is 855 g/mol. The largest absolute Gasteiger partial charge is 0.445 e. The van der Waals surface area contributed by atoms with Crippen molar-refractivity contribution in [2.75, 3.05) is 39.3 Å². The lowest BCUT2D eigenvalue weighted by atomic mass is 10.1. The summed E-state index contributed by atoms with van der Waals surface area (Å²) in [5.74, 6) is 1.37. The van der Waals surface area contributed by atoms with Crippen molar-refractivity contribution in [1.82, 2.24) is 50.1 Å². The molecule has 8 aromatic rings. The average molecular weight is 892 g/mol. The third kappa shape index (κ3) is 10.6. The fourth-order valence-electron chi connectivity index (χ4n) is 6.80. The van der Waals surface area contributed by atoms with Gasteiger partial charge in [0, 0.05) is 47.1 Å². The number of aromatic amines is 1. The van der Waals surface area contributed by atoms with Crippen LogP contribution in [-0.4, -0.2) is 89.4 Å². The number of nitrogens with zero attached hydrogens (tertiary/aromatic N) is 9. The first kappa shape index (κ1) is 41.1. The average Bonchev–Trinajstić information content (AvgIpc) is 4.11. The van der Waals surface area contributed by atoms with Crippen LogP contribution >= 0.6 is 58.8 Å². The first-order chi connectivity index (χ1) is 28.9. The highest BCUT2D eigenvalue weighted by Gasteiger charge is 2.19. The van der Waals surface area contributed by atoms with E-state index in [1.54, 1.807) is 12.5 Å². The van der Waals surface area contributed by atoms with Gasteiger partial charge < -0.3 is 27.5 Å². The molecule has 0 saturated carbocycles. The zero-order valence-corrected chi connectivity index (χ0v) is 35.4. The molecule has 2 aliphatic heterocycles. The van der Waals surface area contributed by atoms with Crippen molar-refractivity contribution < 1.29 is 17.7 Å². The third-order valence-electron chi connectivity index (χ3n) is 9.77. The van der Waals surface area contributed by atoms with Crippen molar-refractivity contribution in [3.63, 3.8) is 0 Å². The van der Waals surface area contributed by atoms with Crippen LogP contribution in [0.15, 0.2) is 102 Å². The van der Waals surface area contributed by atoms with Crippen LogP contribution < -0.4 is 0 Å². The van der Waals surface area contributed by atoms with Gasteiger partial charge in [-0.15, -0.1) is 15.3 Å². The highest BCUT2D eigenvalue weighted by molar-refractivity contribution is 7.99. The van der Waals surface area contributed by atoms with E-state index in [9.17, 15) is 0 Å². The second-order valence-electron chi connectivity index (χ2n) is 13.7.